The van der Waals surface area contributed by atoms with Crippen LogP contribution in [-0.2, 0) is 10.8 Å². The molecule has 1 atom stereocenters. The molecule has 5 aromatic rings. The first-order chi connectivity index (χ1) is 15.0. The molecule has 31 heavy (non-hydrogen) atoms. The molecule has 9 heteroatoms. The molecule has 7 nitrogen and oxygen atoms in total. The number of fused-ring (bicyclic) bond motifs is 2. The van der Waals surface area contributed by atoms with Crippen molar-refractivity contribution < 1.29 is 4.21 Å². The van der Waals surface area contributed by atoms with Crippen LogP contribution in [0.5, 0.6) is 0 Å². The third kappa shape index (κ3) is 3.43. The molecule has 3 heterocycles. The number of H-pyrrole nitrogens is 2. The van der Waals surface area contributed by atoms with Gasteiger partial charge in [0.1, 0.15) is 10.4 Å². The molecule has 3 aromatic heterocycles. The van der Waals surface area contributed by atoms with E-state index < -0.39 is 16.4 Å². The zero-order valence-electron chi connectivity index (χ0n) is 16.3. The number of pyridine rings is 1. The molecule has 0 saturated heterocycles. The maximum Gasteiger partial charge on any atom is 0.265 e. The van der Waals surface area contributed by atoms with Gasteiger partial charge >= 0.3 is 0 Å². The van der Waals surface area contributed by atoms with Gasteiger partial charge in [-0.3, -0.25) is 14.1 Å². The topological polar surface area (TPSA) is 104 Å². The van der Waals surface area contributed by atoms with Crippen molar-refractivity contribution in [2.24, 2.45) is 0 Å². The molecule has 0 amide bonds. The molecule has 0 aliphatic carbocycles. The number of nitrogens with one attached hydrogen (secondary N) is 2. The second-order valence-electron chi connectivity index (χ2n) is 6.91. The zero-order chi connectivity index (χ0) is 21.5. The number of aromatic amines is 2. The first kappa shape index (κ1) is 19.6. The number of rotatable bonds is 4. The Labute approximate surface area is 184 Å². The summed E-state index contributed by atoms with van der Waals surface area (Å²) in [6.45, 7) is 1.76. The lowest BCUT2D eigenvalue weighted by Gasteiger charge is -2.11. The van der Waals surface area contributed by atoms with Crippen LogP contribution in [0.2, 0.25) is 5.02 Å². The number of hydrogen-bond acceptors (Lipinski definition) is 5. The minimum absolute atomic E-state index is 0.186. The van der Waals surface area contributed by atoms with Crippen molar-refractivity contribution in [3.8, 4) is 22.5 Å². The number of aromatic nitrogens is 5. The van der Waals surface area contributed by atoms with Crippen LogP contribution in [0.3, 0.4) is 0 Å². The molecule has 0 saturated carbocycles. The van der Waals surface area contributed by atoms with Crippen LogP contribution in [0, 0.1) is 0 Å². The number of benzene rings is 2. The van der Waals surface area contributed by atoms with Crippen LogP contribution < -0.4 is 5.56 Å². The van der Waals surface area contributed by atoms with Crippen LogP contribution in [0.1, 0.15) is 6.92 Å². The predicted molar refractivity (Wildman–Crippen MR) is 123 cm³/mol. The Bertz CT molecular complexity index is 1530. The summed E-state index contributed by atoms with van der Waals surface area (Å²) < 4.78 is 12.3. The van der Waals surface area contributed by atoms with Gasteiger partial charge in [0, 0.05) is 22.3 Å². The molecule has 0 fully saturated rings. The van der Waals surface area contributed by atoms with Crippen molar-refractivity contribution >= 4 is 44.5 Å². The van der Waals surface area contributed by atoms with Crippen molar-refractivity contribution in [3.63, 3.8) is 0 Å². The highest BCUT2D eigenvalue weighted by Gasteiger charge is 2.18. The van der Waals surface area contributed by atoms with Gasteiger partial charge in [0.05, 0.1) is 38.9 Å². The third-order valence-corrected chi connectivity index (χ3v) is 6.59. The lowest BCUT2D eigenvalue weighted by Crippen LogP contribution is -2.15. The van der Waals surface area contributed by atoms with E-state index in [1.54, 1.807) is 25.3 Å². The molecule has 5 rings (SSSR count). The Kier molecular flexibility index (Phi) is 4.88. The van der Waals surface area contributed by atoms with E-state index in [9.17, 15) is 9.00 Å². The minimum atomic E-state index is -1.41. The lowest BCUT2D eigenvalue weighted by atomic mass is 10.0. The molecule has 0 radical (unpaired) electrons. The summed E-state index contributed by atoms with van der Waals surface area (Å²) >= 11 is 6.47. The van der Waals surface area contributed by atoms with Crippen molar-refractivity contribution in [2.45, 2.75) is 11.8 Å². The predicted octanol–water partition coefficient (Wildman–Crippen LogP) is 4.31. The fourth-order valence-electron chi connectivity index (χ4n) is 3.47. The SMILES string of the molecule is CCS(=O)c1cc2nc(-c3cc(Cl)c4[nH]ncc4c3)c(-c3ccccc3)nc2[nH]c1=O. The van der Waals surface area contributed by atoms with Gasteiger partial charge in [0.15, 0.2) is 5.65 Å². The molecule has 0 aliphatic heterocycles. The van der Waals surface area contributed by atoms with Crippen LogP contribution in [0.15, 0.2) is 64.4 Å². The van der Waals surface area contributed by atoms with E-state index in [-0.39, 0.29) is 4.90 Å². The van der Waals surface area contributed by atoms with Crippen LogP contribution >= 0.6 is 11.6 Å². The molecule has 2 aromatic carbocycles. The lowest BCUT2D eigenvalue weighted by molar-refractivity contribution is 0.683. The van der Waals surface area contributed by atoms with Gasteiger partial charge in [-0.25, -0.2) is 9.97 Å². The van der Waals surface area contributed by atoms with Gasteiger partial charge in [0.2, 0.25) is 0 Å². The molecular formula is C22H16ClN5O2S. The van der Waals surface area contributed by atoms with E-state index in [2.05, 4.69) is 15.2 Å². The van der Waals surface area contributed by atoms with Crippen molar-refractivity contribution in [1.82, 2.24) is 25.1 Å². The highest BCUT2D eigenvalue weighted by molar-refractivity contribution is 7.85. The summed E-state index contributed by atoms with van der Waals surface area (Å²) in [7, 11) is -1.41. The summed E-state index contributed by atoms with van der Waals surface area (Å²) in [6, 6.07) is 14.9. The second kappa shape index (κ2) is 7.72. The van der Waals surface area contributed by atoms with Crippen molar-refractivity contribution in [3.05, 3.63) is 70.1 Å². The largest absolute Gasteiger partial charge is 0.304 e. The average molecular weight is 450 g/mol. The average Bonchev–Trinajstić information content (AvgIpc) is 3.27. The first-order valence-corrected chi connectivity index (χ1v) is 11.3. The molecule has 0 aliphatic rings. The van der Waals surface area contributed by atoms with E-state index in [0.29, 0.717) is 33.3 Å². The number of hydrogen-bond donors (Lipinski definition) is 2. The van der Waals surface area contributed by atoms with Gasteiger partial charge in [0.25, 0.3) is 5.56 Å². The van der Waals surface area contributed by atoms with Gasteiger partial charge in [-0.2, -0.15) is 5.10 Å². The molecular weight excluding hydrogens is 434 g/mol. The quantitative estimate of drug-likeness (QED) is 0.425. The molecule has 0 bridgehead atoms. The summed E-state index contributed by atoms with van der Waals surface area (Å²) in [4.78, 5) is 24.9. The Hall–Kier alpha value is -3.36. The third-order valence-electron chi connectivity index (χ3n) is 4.98. The van der Waals surface area contributed by atoms with Crippen molar-refractivity contribution in [2.75, 3.05) is 5.75 Å². The number of nitrogens with zero attached hydrogens (tertiary/aromatic N) is 3. The Morgan fingerprint density at radius 2 is 1.81 bits per heavy atom. The maximum atomic E-state index is 12.5. The van der Waals surface area contributed by atoms with E-state index >= 15 is 0 Å². The van der Waals surface area contributed by atoms with Gasteiger partial charge in [-0.1, -0.05) is 48.9 Å². The van der Waals surface area contributed by atoms with Crippen LogP contribution in [0.25, 0.3) is 44.6 Å². The van der Waals surface area contributed by atoms with Gasteiger partial charge < -0.3 is 4.98 Å². The summed E-state index contributed by atoms with van der Waals surface area (Å²) in [6.07, 6.45) is 1.70. The first-order valence-electron chi connectivity index (χ1n) is 9.57. The molecule has 2 N–H and O–H groups in total. The van der Waals surface area contributed by atoms with E-state index in [1.165, 1.54) is 0 Å². The van der Waals surface area contributed by atoms with E-state index in [4.69, 9.17) is 21.6 Å². The Morgan fingerprint density at radius 1 is 1.03 bits per heavy atom. The Balaban J connectivity index is 1.84. The smallest absolute Gasteiger partial charge is 0.265 e. The maximum absolute atomic E-state index is 12.5. The Morgan fingerprint density at radius 3 is 2.58 bits per heavy atom. The van der Waals surface area contributed by atoms with Crippen LogP contribution in [-0.4, -0.2) is 35.1 Å². The minimum Gasteiger partial charge on any atom is -0.304 e. The highest BCUT2D eigenvalue weighted by atomic mass is 35.5. The van der Waals surface area contributed by atoms with Crippen LogP contribution in [0.4, 0.5) is 0 Å². The molecule has 154 valence electrons. The summed E-state index contributed by atoms with van der Waals surface area (Å²) in [5.74, 6) is 0.337. The molecule has 0 spiro atoms. The molecule has 1 unspecified atom stereocenters. The van der Waals surface area contributed by atoms with Gasteiger partial charge in [-0.05, 0) is 18.2 Å². The second-order valence-corrected chi connectivity index (χ2v) is 9.03. The zero-order valence-corrected chi connectivity index (χ0v) is 17.9. The standard InChI is InChI=1S/C22H16ClN5O2S/c1-2-31(30)17-10-16-21(27-22(17)29)26-19(12-6-4-3-5-7-12)20(25-16)13-8-14-11-24-28-18(14)15(23)9-13/h3-11H,2H2,1H3,(H,24,28)(H,26,27,29). The monoisotopic (exact) mass is 449 g/mol. The fourth-order valence-corrected chi connectivity index (χ4v) is 4.55. The fraction of sp³-hybridized carbons (Fsp3) is 0.0909. The number of halogens is 1. The van der Waals surface area contributed by atoms with Gasteiger partial charge in [-0.15, -0.1) is 0 Å². The summed E-state index contributed by atoms with van der Waals surface area (Å²) in [5, 5.41) is 8.30. The normalized spacial score (nSPS) is 12.5. The van der Waals surface area contributed by atoms with E-state index in [0.717, 1.165) is 22.0 Å². The highest BCUT2D eigenvalue weighted by Crippen LogP contribution is 2.34. The van der Waals surface area contributed by atoms with E-state index in [1.807, 2.05) is 36.4 Å². The van der Waals surface area contributed by atoms with Crippen molar-refractivity contribution in [1.29, 1.82) is 0 Å². The summed E-state index contributed by atoms with van der Waals surface area (Å²) in [5.41, 5.74) is 3.92.